The third kappa shape index (κ3) is 2.56. The van der Waals surface area contributed by atoms with E-state index in [1.807, 2.05) is 0 Å². The number of aliphatic hydroxyl groups excluding tert-OH is 1. The lowest BCUT2D eigenvalue weighted by atomic mass is 10.1. The van der Waals surface area contributed by atoms with Gasteiger partial charge in [-0.15, -0.1) is 0 Å². The molecule has 0 aliphatic heterocycles. The van der Waals surface area contributed by atoms with Gasteiger partial charge < -0.3 is 10.2 Å². The molecule has 0 amide bonds. The number of rotatable bonds is 3. The predicted molar refractivity (Wildman–Crippen MR) is 59.4 cm³/mol. The molecule has 0 spiro atoms. The number of hydrogen-bond donors (Lipinski definition) is 2. The Kier molecular flexibility index (Phi) is 4.10. The van der Waals surface area contributed by atoms with Crippen molar-refractivity contribution in [2.45, 2.75) is 11.4 Å². The summed E-state index contributed by atoms with van der Waals surface area (Å²) in [6.07, 6.45) is -1.48. The first-order chi connectivity index (χ1) is 6.56. The molecule has 0 bridgehead atoms. The summed E-state index contributed by atoms with van der Waals surface area (Å²) in [7, 11) is 0. The van der Waals surface area contributed by atoms with Crippen molar-refractivity contribution in [1.82, 2.24) is 0 Å². The molecule has 1 rings (SSSR count). The zero-order valence-corrected chi connectivity index (χ0v) is 10.2. The summed E-state index contributed by atoms with van der Waals surface area (Å²) in [5.41, 5.74) is 1.38. The van der Waals surface area contributed by atoms with Gasteiger partial charge in [-0.05, 0) is 11.6 Å². The normalized spacial score (nSPS) is 12.5. The Labute approximate surface area is 98.0 Å². The molecule has 1 aromatic rings. The van der Waals surface area contributed by atoms with Crippen LogP contribution >= 0.6 is 31.9 Å². The molecule has 1 unspecified atom stereocenters. The number of carboxylic acid groups (broad SMARTS) is 1. The fourth-order valence-electron chi connectivity index (χ4n) is 1.01. The molecule has 3 nitrogen and oxygen atoms in total. The summed E-state index contributed by atoms with van der Waals surface area (Å²) in [5.74, 6) is -1.25. The van der Waals surface area contributed by atoms with Crippen LogP contribution in [0.5, 0.6) is 0 Å². The SMILES string of the molecule is O=C(O)C(O)c1ccc(CBr)cc1Br. The van der Waals surface area contributed by atoms with E-state index in [0.717, 1.165) is 5.56 Å². The molecule has 0 aromatic heterocycles. The number of carboxylic acids is 1. The highest BCUT2D eigenvalue weighted by molar-refractivity contribution is 9.10. The number of carbonyl (C=O) groups is 1. The predicted octanol–water partition coefficient (Wildman–Crippen LogP) is 2.46. The van der Waals surface area contributed by atoms with Crippen LogP contribution in [0.4, 0.5) is 0 Å². The number of alkyl halides is 1. The summed E-state index contributed by atoms with van der Waals surface area (Å²) in [5, 5.41) is 18.6. The van der Waals surface area contributed by atoms with E-state index >= 15 is 0 Å². The zero-order valence-electron chi connectivity index (χ0n) is 7.08. The van der Waals surface area contributed by atoms with Gasteiger partial charge in [0.05, 0.1) is 0 Å². The number of benzene rings is 1. The number of aliphatic hydroxyl groups is 1. The zero-order chi connectivity index (χ0) is 10.7. The number of aliphatic carboxylic acids is 1. The molecule has 0 saturated carbocycles. The van der Waals surface area contributed by atoms with Crippen molar-refractivity contribution in [3.63, 3.8) is 0 Å². The molecule has 14 heavy (non-hydrogen) atoms. The van der Waals surface area contributed by atoms with Crippen molar-refractivity contribution in [2.75, 3.05) is 0 Å². The van der Waals surface area contributed by atoms with Gasteiger partial charge in [0.25, 0.3) is 0 Å². The lowest BCUT2D eigenvalue weighted by Crippen LogP contribution is -2.11. The third-order valence-corrected chi connectivity index (χ3v) is 3.08. The highest BCUT2D eigenvalue weighted by Gasteiger charge is 2.18. The highest BCUT2D eigenvalue weighted by Crippen LogP contribution is 2.25. The first kappa shape index (κ1) is 11.7. The largest absolute Gasteiger partial charge is 0.479 e. The average molecular weight is 324 g/mol. The van der Waals surface area contributed by atoms with Crippen molar-refractivity contribution < 1.29 is 15.0 Å². The maximum absolute atomic E-state index is 10.5. The molecule has 0 radical (unpaired) electrons. The van der Waals surface area contributed by atoms with Gasteiger partial charge in [0.2, 0.25) is 0 Å². The standard InChI is InChI=1S/C9H8Br2O3/c10-4-5-1-2-6(7(11)3-5)8(12)9(13)14/h1-3,8,12H,4H2,(H,13,14). The van der Waals surface area contributed by atoms with E-state index in [4.69, 9.17) is 5.11 Å². The molecule has 0 aliphatic carbocycles. The topological polar surface area (TPSA) is 57.5 Å². The first-order valence-corrected chi connectivity index (χ1v) is 5.73. The Balaban J connectivity index is 3.05. The molecule has 0 saturated heterocycles. The molecule has 0 aliphatic rings. The Morgan fingerprint density at radius 1 is 1.50 bits per heavy atom. The third-order valence-electron chi connectivity index (χ3n) is 1.75. The van der Waals surface area contributed by atoms with E-state index in [9.17, 15) is 9.90 Å². The fraction of sp³-hybridized carbons (Fsp3) is 0.222. The van der Waals surface area contributed by atoms with Crippen molar-refractivity contribution in [2.24, 2.45) is 0 Å². The Morgan fingerprint density at radius 2 is 2.14 bits per heavy atom. The molecule has 0 heterocycles. The number of hydrogen-bond acceptors (Lipinski definition) is 2. The molecule has 2 N–H and O–H groups in total. The molecule has 5 heteroatoms. The van der Waals surface area contributed by atoms with Gasteiger partial charge in [0, 0.05) is 15.4 Å². The van der Waals surface area contributed by atoms with Crippen LogP contribution in [0.15, 0.2) is 22.7 Å². The highest BCUT2D eigenvalue weighted by atomic mass is 79.9. The van der Waals surface area contributed by atoms with Gasteiger partial charge in [-0.3, -0.25) is 0 Å². The van der Waals surface area contributed by atoms with Crippen molar-refractivity contribution in [3.8, 4) is 0 Å². The number of halogens is 2. The summed E-state index contributed by atoms with van der Waals surface area (Å²) in [4.78, 5) is 10.5. The quantitative estimate of drug-likeness (QED) is 0.840. The van der Waals surface area contributed by atoms with Crippen LogP contribution in [0.25, 0.3) is 0 Å². The molecule has 76 valence electrons. The van der Waals surface area contributed by atoms with Crippen molar-refractivity contribution >= 4 is 37.8 Å². The minimum atomic E-state index is -1.48. The first-order valence-electron chi connectivity index (χ1n) is 3.81. The van der Waals surface area contributed by atoms with E-state index in [-0.39, 0.29) is 0 Å². The van der Waals surface area contributed by atoms with Crippen molar-refractivity contribution in [1.29, 1.82) is 0 Å². The summed E-state index contributed by atoms with van der Waals surface area (Å²) in [6, 6.07) is 5.14. The minimum Gasteiger partial charge on any atom is -0.479 e. The fourth-order valence-corrected chi connectivity index (χ4v) is 2.00. The monoisotopic (exact) mass is 322 g/mol. The molecule has 0 fully saturated rings. The summed E-state index contributed by atoms with van der Waals surface area (Å²) < 4.78 is 0.601. The lowest BCUT2D eigenvalue weighted by molar-refractivity contribution is -0.147. The van der Waals surface area contributed by atoms with E-state index in [2.05, 4.69) is 31.9 Å². The van der Waals surface area contributed by atoms with E-state index in [1.165, 1.54) is 0 Å². The maximum Gasteiger partial charge on any atom is 0.337 e. The van der Waals surface area contributed by atoms with Gasteiger partial charge in [-0.1, -0.05) is 44.0 Å². The molecular weight excluding hydrogens is 316 g/mol. The average Bonchev–Trinajstić information content (AvgIpc) is 2.16. The van der Waals surface area contributed by atoms with Crippen LogP contribution in [0, 0.1) is 0 Å². The van der Waals surface area contributed by atoms with Crippen LogP contribution in [-0.2, 0) is 10.1 Å². The van der Waals surface area contributed by atoms with Crippen molar-refractivity contribution in [3.05, 3.63) is 33.8 Å². The second-order valence-corrected chi connectivity index (χ2v) is 4.15. The van der Waals surface area contributed by atoms with Crippen LogP contribution in [-0.4, -0.2) is 16.2 Å². The van der Waals surface area contributed by atoms with Crippen LogP contribution in [0.3, 0.4) is 0 Å². The van der Waals surface area contributed by atoms with Gasteiger partial charge in [-0.25, -0.2) is 4.79 Å². The van der Waals surface area contributed by atoms with Gasteiger partial charge in [-0.2, -0.15) is 0 Å². The lowest BCUT2D eigenvalue weighted by Gasteiger charge is -2.09. The van der Waals surface area contributed by atoms with Gasteiger partial charge in [0.15, 0.2) is 6.10 Å². The van der Waals surface area contributed by atoms with Gasteiger partial charge in [0.1, 0.15) is 0 Å². The molecule has 1 atom stereocenters. The summed E-state index contributed by atoms with van der Waals surface area (Å²) >= 11 is 6.50. The Hall–Kier alpha value is -0.390. The maximum atomic E-state index is 10.5. The van der Waals surface area contributed by atoms with Crippen LogP contribution in [0.1, 0.15) is 17.2 Å². The van der Waals surface area contributed by atoms with E-state index in [0.29, 0.717) is 15.4 Å². The molecular formula is C9H8Br2O3. The van der Waals surface area contributed by atoms with E-state index < -0.39 is 12.1 Å². The Morgan fingerprint density at radius 3 is 2.57 bits per heavy atom. The second kappa shape index (κ2) is 4.91. The second-order valence-electron chi connectivity index (χ2n) is 2.73. The molecule has 1 aromatic carbocycles. The van der Waals surface area contributed by atoms with Crippen LogP contribution in [0.2, 0.25) is 0 Å². The smallest absolute Gasteiger partial charge is 0.337 e. The van der Waals surface area contributed by atoms with E-state index in [1.54, 1.807) is 18.2 Å². The minimum absolute atomic E-state index is 0.363. The Bertz CT molecular complexity index is 352. The summed E-state index contributed by atoms with van der Waals surface area (Å²) in [6.45, 7) is 0. The van der Waals surface area contributed by atoms with Crippen LogP contribution < -0.4 is 0 Å². The van der Waals surface area contributed by atoms with Gasteiger partial charge >= 0.3 is 5.97 Å².